The van der Waals surface area contributed by atoms with Gasteiger partial charge >= 0.3 is 14.2 Å². The van der Waals surface area contributed by atoms with Crippen molar-refractivity contribution in [2.45, 2.75) is 31.8 Å². The summed E-state index contributed by atoms with van der Waals surface area (Å²) in [7, 11) is -4.17. The second-order valence-electron chi connectivity index (χ2n) is 7.73. The fourth-order valence-electron chi connectivity index (χ4n) is 3.32. The maximum Gasteiger partial charge on any atom is 0.494 e. The van der Waals surface area contributed by atoms with Crippen molar-refractivity contribution in [1.29, 1.82) is 0 Å². The number of unbranched alkanes of at least 4 members (excludes halogenated alkanes) is 1. The number of rotatable bonds is 11. The lowest BCUT2D eigenvalue weighted by atomic mass is 9.79. The molecule has 2 amide bonds. The van der Waals surface area contributed by atoms with Gasteiger partial charge in [0, 0.05) is 23.1 Å². The van der Waals surface area contributed by atoms with E-state index in [2.05, 4.69) is 15.9 Å². The lowest BCUT2D eigenvalue weighted by molar-refractivity contribution is -0.119. The minimum Gasteiger partial charge on any atom is -0.423 e. The van der Waals surface area contributed by atoms with Crippen molar-refractivity contribution in [2.24, 2.45) is 11.5 Å². The molecular formula is C20H24B2BrF2N3O6. The van der Waals surface area contributed by atoms with E-state index in [1.165, 1.54) is 23.1 Å². The van der Waals surface area contributed by atoms with Gasteiger partial charge in [-0.15, -0.1) is 0 Å². The Morgan fingerprint density at radius 2 is 1.62 bits per heavy atom. The molecule has 2 rings (SSSR count). The van der Waals surface area contributed by atoms with Crippen molar-refractivity contribution in [3.63, 3.8) is 0 Å². The summed E-state index contributed by atoms with van der Waals surface area (Å²) < 4.78 is 28.8. The van der Waals surface area contributed by atoms with Crippen molar-refractivity contribution in [3.8, 4) is 0 Å². The first-order valence-corrected chi connectivity index (χ1v) is 11.0. The highest BCUT2D eigenvalue weighted by atomic mass is 79.9. The number of benzene rings is 2. The van der Waals surface area contributed by atoms with Crippen LogP contribution in [0.4, 0.5) is 8.78 Å². The number of halogens is 3. The number of primary amides is 1. The first kappa shape index (κ1) is 27.9. The van der Waals surface area contributed by atoms with Gasteiger partial charge in [-0.25, -0.2) is 8.78 Å². The molecular weight excluding hydrogens is 518 g/mol. The lowest BCUT2D eigenvalue weighted by Gasteiger charge is -2.24. The smallest absolute Gasteiger partial charge is 0.423 e. The van der Waals surface area contributed by atoms with Crippen molar-refractivity contribution < 1.29 is 38.5 Å². The third-order valence-corrected chi connectivity index (χ3v) is 5.54. The zero-order valence-electron chi connectivity index (χ0n) is 18.0. The molecule has 0 radical (unpaired) electrons. The minimum absolute atomic E-state index is 0.0546. The molecule has 0 saturated carbocycles. The summed E-state index contributed by atoms with van der Waals surface area (Å²) in [4.78, 5) is 25.6. The van der Waals surface area contributed by atoms with Gasteiger partial charge in [-0.2, -0.15) is 0 Å². The van der Waals surface area contributed by atoms with Crippen molar-refractivity contribution in [3.05, 3.63) is 57.6 Å². The monoisotopic (exact) mass is 541 g/mol. The molecule has 182 valence electrons. The van der Waals surface area contributed by atoms with Crippen LogP contribution in [-0.2, 0) is 11.3 Å². The average Bonchev–Trinajstić information content (AvgIpc) is 2.73. The predicted octanol–water partition coefficient (Wildman–Crippen LogP) is -1.29. The van der Waals surface area contributed by atoms with E-state index in [-0.39, 0.29) is 36.1 Å². The molecule has 0 aliphatic rings. The van der Waals surface area contributed by atoms with E-state index in [9.17, 15) is 28.4 Å². The summed E-state index contributed by atoms with van der Waals surface area (Å²) in [6, 6.07) is 5.09. The van der Waals surface area contributed by atoms with Gasteiger partial charge in [-0.05, 0) is 60.6 Å². The maximum atomic E-state index is 14.2. The SMILES string of the molecule is NC(=O)C(N)CCCCN(Cc1cc(F)c(B(O)O)c(F)c1)C(=O)c1cc(Br)cc(B(O)O)c1. The number of carbonyl (C=O) groups is 2. The Kier molecular flexibility index (Phi) is 10.2. The normalized spacial score (nSPS) is 11.8. The van der Waals surface area contributed by atoms with Crippen LogP contribution in [0.1, 0.15) is 35.2 Å². The zero-order valence-corrected chi connectivity index (χ0v) is 19.6. The minimum atomic E-state index is -2.34. The quantitative estimate of drug-likeness (QED) is 0.152. The molecule has 0 aromatic heterocycles. The van der Waals surface area contributed by atoms with Gasteiger partial charge in [0.15, 0.2) is 0 Å². The fourth-order valence-corrected chi connectivity index (χ4v) is 3.84. The number of carbonyl (C=O) groups excluding carboxylic acids is 2. The average molecular weight is 542 g/mol. The van der Waals surface area contributed by atoms with Gasteiger partial charge in [-0.3, -0.25) is 9.59 Å². The van der Waals surface area contributed by atoms with Crippen LogP contribution in [0.25, 0.3) is 0 Å². The Morgan fingerprint density at radius 3 is 2.15 bits per heavy atom. The Morgan fingerprint density at radius 1 is 1.00 bits per heavy atom. The third-order valence-electron chi connectivity index (χ3n) is 5.08. The molecule has 0 spiro atoms. The molecule has 0 aliphatic heterocycles. The molecule has 0 aliphatic carbocycles. The fraction of sp³-hybridized carbons (Fsp3) is 0.300. The Labute approximate surface area is 203 Å². The Bertz CT molecular complexity index is 1020. The molecule has 2 aromatic carbocycles. The molecule has 14 heteroatoms. The van der Waals surface area contributed by atoms with Crippen LogP contribution in [0.5, 0.6) is 0 Å². The molecule has 2 aromatic rings. The van der Waals surface area contributed by atoms with Crippen LogP contribution in [0, 0.1) is 11.6 Å². The number of hydrogen-bond donors (Lipinski definition) is 6. The number of nitrogens with two attached hydrogens (primary N) is 2. The molecule has 34 heavy (non-hydrogen) atoms. The van der Waals surface area contributed by atoms with E-state index < -0.39 is 49.2 Å². The van der Waals surface area contributed by atoms with Gasteiger partial charge in [0.2, 0.25) is 5.91 Å². The van der Waals surface area contributed by atoms with E-state index in [0.717, 1.165) is 12.1 Å². The van der Waals surface area contributed by atoms with Crippen LogP contribution in [0.15, 0.2) is 34.8 Å². The zero-order chi connectivity index (χ0) is 25.6. The van der Waals surface area contributed by atoms with Crippen LogP contribution < -0.4 is 22.4 Å². The van der Waals surface area contributed by atoms with Crippen molar-refractivity contribution >= 4 is 52.9 Å². The summed E-state index contributed by atoms with van der Waals surface area (Å²) in [5.74, 6) is -3.58. The molecule has 8 N–H and O–H groups in total. The topological polar surface area (TPSA) is 170 Å². The van der Waals surface area contributed by atoms with Crippen LogP contribution in [-0.4, -0.2) is 63.6 Å². The summed E-state index contributed by atoms with van der Waals surface area (Å²) in [5.41, 5.74) is 10.0. The van der Waals surface area contributed by atoms with Crippen LogP contribution in [0.2, 0.25) is 0 Å². The summed E-state index contributed by atoms with van der Waals surface area (Å²) in [6.07, 6.45) is 1.10. The van der Waals surface area contributed by atoms with Crippen molar-refractivity contribution in [1.82, 2.24) is 4.90 Å². The molecule has 1 unspecified atom stereocenters. The van der Waals surface area contributed by atoms with E-state index in [4.69, 9.17) is 21.5 Å². The van der Waals surface area contributed by atoms with E-state index in [0.29, 0.717) is 17.3 Å². The summed E-state index contributed by atoms with van der Waals surface area (Å²) in [5, 5.41) is 37.2. The molecule has 9 nitrogen and oxygen atoms in total. The summed E-state index contributed by atoms with van der Waals surface area (Å²) in [6.45, 7) is -0.124. The summed E-state index contributed by atoms with van der Waals surface area (Å²) >= 11 is 3.20. The first-order chi connectivity index (χ1) is 15.9. The van der Waals surface area contributed by atoms with Crippen LogP contribution in [0.3, 0.4) is 0 Å². The first-order valence-electron chi connectivity index (χ1n) is 10.3. The predicted molar refractivity (Wildman–Crippen MR) is 126 cm³/mol. The molecule has 0 saturated heterocycles. The van der Waals surface area contributed by atoms with Crippen molar-refractivity contribution in [2.75, 3.05) is 6.54 Å². The standard InChI is InChI=1S/C20H24B2BrF2N3O6/c23-14-8-12(7-13(9-14)21(31)32)20(30)28(4-2-1-3-17(26)19(27)29)10-11-5-15(24)18(22(33)34)16(25)6-11/h5-9,17,31-34H,1-4,10,26H2,(H2,27,29). The molecule has 0 heterocycles. The highest BCUT2D eigenvalue weighted by molar-refractivity contribution is 9.10. The second-order valence-corrected chi connectivity index (χ2v) is 8.64. The van der Waals surface area contributed by atoms with Gasteiger partial charge in [0.05, 0.1) is 11.5 Å². The molecule has 1 atom stereocenters. The highest BCUT2D eigenvalue weighted by Gasteiger charge is 2.25. The number of nitrogens with zero attached hydrogens (tertiary/aromatic N) is 1. The molecule has 0 fully saturated rings. The van der Waals surface area contributed by atoms with Gasteiger partial charge in [0.1, 0.15) is 11.6 Å². The number of amides is 2. The Balaban J connectivity index is 2.31. The van der Waals surface area contributed by atoms with Crippen LogP contribution >= 0.6 is 15.9 Å². The highest BCUT2D eigenvalue weighted by Crippen LogP contribution is 2.17. The van der Waals surface area contributed by atoms with E-state index in [1.54, 1.807) is 0 Å². The maximum absolute atomic E-state index is 14.2. The van der Waals surface area contributed by atoms with E-state index in [1.807, 2.05) is 0 Å². The number of hydrogen-bond acceptors (Lipinski definition) is 7. The molecule has 0 bridgehead atoms. The van der Waals surface area contributed by atoms with Gasteiger partial charge < -0.3 is 36.5 Å². The lowest BCUT2D eigenvalue weighted by Crippen LogP contribution is -2.37. The van der Waals surface area contributed by atoms with E-state index >= 15 is 0 Å². The van der Waals surface area contributed by atoms with Gasteiger partial charge in [-0.1, -0.05) is 15.9 Å². The Hall–Kier alpha value is -2.35. The third kappa shape index (κ3) is 7.58. The second kappa shape index (κ2) is 12.4. The van der Waals surface area contributed by atoms with Gasteiger partial charge in [0.25, 0.3) is 5.91 Å². The largest absolute Gasteiger partial charge is 0.494 e.